The highest BCUT2D eigenvalue weighted by Crippen LogP contribution is 2.11. The van der Waals surface area contributed by atoms with Crippen LogP contribution in [-0.4, -0.2) is 30.1 Å². The number of rotatable bonds is 3. The van der Waals surface area contributed by atoms with Gasteiger partial charge in [0.05, 0.1) is 6.42 Å². The molecule has 1 aliphatic heterocycles. The SMILES string of the molecule is O=C(Cc1cccc(O)c1)NC1CCCNC1. The second-order valence-corrected chi connectivity index (χ2v) is 4.46. The number of carbonyl (C=O) groups is 1. The van der Waals surface area contributed by atoms with Crippen LogP contribution in [0.5, 0.6) is 5.75 Å². The van der Waals surface area contributed by atoms with E-state index < -0.39 is 0 Å². The van der Waals surface area contributed by atoms with Gasteiger partial charge in [0.1, 0.15) is 5.75 Å². The van der Waals surface area contributed by atoms with Crippen molar-refractivity contribution in [3.8, 4) is 5.75 Å². The average molecular weight is 234 g/mol. The van der Waals surface area contributed by atoms with Gasteiger partial charge in [-0.2, -0.15) is 0 Å². The highest BCUT2D eigenvalue weighted by Gasteiger charge is 2.15. The largest absolute Gasteiger partial charge is 0.508 e. The summed E-state index contributed by atoms with van der Waals surface area (Å²) < 4.78 is 0. The van der Waals surface area contributed by atoms with Crippen LogP contribution in [0, 0.1) is 0 Å². The van der Waals surface area contributed by atoms with E-state index in [9.17, 15) is 9.90 Å². The number of piperidine rings is 1. The number of aromatic hydroxyl groups is 1. The van der Waals surface area contributed by atoms with Crippen LogP contribution >= 0.6 is 0 Å². The highest BCUT2D eigenvalue weighted by molar-refractivity contribution is 5.79. The van der Waals surface area contributed by atoms with Crippen molar-refractivity contribution in [2.45, 2.75) is 25.3 Å². The molecule has 92 valence electrons. The van der Waals surface area contributed by atoms with E-state index in [1.54, 1.807) is 18.2 Å². The van der Waals surface area contributed by atoms with Gasteiger partial charge in [-0.25, -0.2) is 0 Å². The molecule has 0 aromatic heterocycles. The predicted octanol–water partition coefficient (Wildman–Crippen LogP) is 0.803. The van der Waals surface area contributed by atoms with Gasteiger partial charge in [-0.15, -0.1) is 0 Å². The van der Waals surface area contributed by atoms with Gasteiger partial charge in [-0.05, 0) is 37.1 Å². The highest BCUT2D eigenvalue weighted by atomic mass is 16.3. The molecular formula is C13H18N2O2. The van der Waals surface area contributed by atoms with Crippen LogP contribution in [0.4, 0.5) is 0 Å². The van der Waals surface area contributed by atoms with Crippen molar-refractivity contribution in [3.63, 3.8) is 0 Å². The second-order valence-electron chi connectivity index (χ2n) is 4.46. The molecule has 17 heavy (non-hydrogen) atoms. The Hall–Kier alpha value is -1.55. The van der Waals surface area contributed by atoms with E-state index in [0.29, 0.717) is 6.42 Å². The molecule has 4 nitrogen and oxygen atoms in total. The summed E-state index contributed by atoms with van der Waals surface area (Å²) in [6.45, 7) is 1.89. The van der Waals surface area contributed by atoms with Crippen LogP contribution in [-0.2, 0) is 11.2 Å². The third-order valence-corrected chi connectivity index (χ3v) is 2.94. The zero-order chi connectivity index (χ0) is 12.1. The number of phenols is 1. The van der Waals surface area contributed by atoms with Crippen molar-refractivity contribution in [1.82, 2.24) is 10.6 Å². The van der Waals surface area contributed by atoms with Crippen molar-refractivity contribution < 1.29 is 9.90 Å². The molecule has 2 rings (SSSR count). The zero-order valence-corrected chi connectivity index (χ0v) is 9.78. The monoisotopic (exact) mass is 234 g/mol. The summed E-state index contributed by atoms with van der Waals surface area (Å²) in [5.41, 5.74) is 0.839. The van der Waals surface area contributed by atoms with Crippen molar-refractivity contribution in [3.05, 3.63) is 29.8 Å². The molecule has 1 aliphatic rings. The molecule has 1 atom stereocenters. The minimum Gasteiger partial charge on any atom is -0.508 e. The van der Waals surface area contributed by atoms with Crippen molar-refractivity contribution in [1.29, 1.82) is 0 Å². The van der Waals surface area contributed by atoms with Crippen LogP contribution in [0.25, 0.3) is 0 Å². The molecule has 0 saturated carbocycles. The first-order valence-corrected chi connectivity index (χ1v) is 6.02. The third kappa shape index (κ3) is 3.75. The molecule has 0 bridgehead atoms. The van der Waals surface area contributed by atoms with E-state index in [1.165, 1.54) is 0 Å². The summed E-state index contributed by atoms with van der Waals surface area (Å²) in [5.74, 6) is 0.221. The van der Waals surface area contributed by atoms with Gasteiger partial charge in [-0.3, -0.25) is 4.79 Å². The van der Waals surface area contributed by atoms with Gasteiger partial charge in [0.2, 0.25) is 5.91 Å². The van der Waals surface area contributed by atoms with Crippen molar-refractivity contribution >= 4 is 5.91 Å². The molecule has 1 unspecified atom stereocenters. The van der Waals surface area contributed by atoms with Crippen LogP contribution in [0.15, 0.2) is 24.3 Å². The molecule has 3 N–H and O–H groups in total. The number of hydrogen-bond acceptors (Lipinski definition) is 3. The topological polar surface area (TPSA) is 61.4 Å². The maximum Gasteiger partial charge on any atom is 0.224 e. The van der Waals surface area contributed by atoms with Crippen molar-refractivity contribution in [2.24, 2.45) is 0 Å². The molecule has 0 radical (unpaired) electrons. The lowest BCUT2D eigenvalue weighted by Crippen LogP contribution is -2.46. The number of hydrogen-bond donors (Lipinski definition) is 3. The molecule has 1 aromatic carbocycles. The molecule has 1 amide bonds. The maximum absolute atomic E-state index is 11.8. The lowest BCUT2D eigenvalue weighted by atomic mass is 10.1. The molecular weight excluding hydrogens is 216 g/mol. The zero-order valence-electron chi connectivity index (χ0n) is 9.78. The maximum atomic E-state index is 11.8. The molecule has 1 aromatic rings. The van der Waals surface area contributed by atoms with Gasteiger partial charge in [0, 0.05) is 12.6 Å². The minimum atomic E-state index is 0.0179. The summed E-state index contributed by atoms with van der Waals surface area (Å²) in [4.78, 5) is 11.8. The van der Waals surface area contributed by atoms with Gasteiger partial charge < -0.3 is 15.7 Å². The van der Waals surface area contributed by atoms with Crippen LogP contribution in [0.1, 0.15) is 18.4 Å². The number of carbonyl (C=O) groups excluding carboxylic acids is 1. The van der Waals surface area contributed by atoms with Crippen LogP contribution < -0.4 is 10.6 Å². The Kier molecular flexibility index (Phi) is 3.98. The Labute approximate surface area is 101 Å². The fourth-order valence-electron chi connectivity index (χ4n) is 2.11. The fourth-order valence-corrected chi connectivity index (χ4v) is 2.11. The summed E-state index contributed by atoms with van der Waals surface area (Å²) in [5, 5.41) is 15.6. The predicted molar refractivity (Wildman–Crippen MR) is 65.8 cm³/mol. The number of benzene rings is 1. The van der Waals surface area contributed by atoms with E-state index in [-0.39, 0.29) is 17.7 Å². The number of nitrogens with one attached hydrogen (secondary N) is 2. The summed E-state index contributed by atoms with van der Waals surface area (Å²) in [6.07, 6.45) is 2.47. The van der Waals surface area contributed by atoms with E-state index in [2.05, 4.69) is 10.6 Å². The second kappa shape index (κ2) is 5.68. The lowest BCUT2D eigenvalue weighted by molar-refractivity contribution is -0.121. The fraction of sp³-hybridized carbons (Fsp3) is 0.462. The normalized spacial score (nSPS) is 19.9. The Morgan fingerprint density at radius 3 is 3.12 bits per heavy atom. The molecule has 1 saturated heterocycles. The molecule has 1 heterocycles. The Balaban J connectivity index is 1.84. The smallest absolute Gasteiger partial charge is 0.224 e. The number of amides is 1. The van der Waals surface area contributed by atoms with Gasteiger partial charge in [0.25, 0.3) is 0 Å². The van der Waals surface area contributed by atoms with Crippen LogP contribution in [0.2, 0.25) is 0 Å². The molecule has 1 fully saturated rings. The van der Waals surface area contributed by atoms with Gasteiger partial charge in [0.15, 0.2) is 0 Å². The standard InChI is InChI=1S/C13H18N2O2/c16-12-5-1-3-10(7-12)8-13(17)15-11-4-2-6-14-9-11/h1,3,5,7,11,14,16H,2,4,6,8-9H2,(H,15,17). The Morgan fingerprint density at radius 1 is 1.53 bits per heavy atom. The Bertz CT molecular complexity index is 387. The third-order valence-electron chi connectivity index (χ3n) is 2.94. The van der Waals surface area contributed by atoms with Gasteiger partial charge >= 0.3 is 0 Å². The van der Waals surface area contributed by atoms with E-state index in [0.717, 1.165) is 31.5 Å². The van der Waals surface area contributed by atoms with Crippen LogP contribution in [0.3, 0.4) is 0 Å². The molecule has 4 heteroatoms. The summed E-state index contributed by atoms with van der Waals surface area (Å²) >= 11 is 0. The van der Waals surface area contributed by atoms with E-state index in [1.807, 2.05) is 6.07 Å². The van der Waals surface area contributed by atoms with Gasteiger partial charge in [-0.1, -0.05) is 12.1 Å². The molecule has 0 aliphatic carbocycles. The van der Waals surface area contributed by atoms with E-state index >= 15 is 0 Å². The van der Waals surface area contributed by atoms with Crippen molar-refractivity contribution in [2.75, 3.05) is 13.1 Å². The first-order valence-electron chi connectivity index (χ1n) is 6.02. The minimum absolute atomic E-state index is 0.0179. The van der Waals surface area contributed by atoms with E-state index in [4.69, 9.17) is 0 Å². The summed E-state index contributed by atoms with van der Waals surface area (Å²) in [6, 6.07) is 7.07. The quantitative estimate of drug-likeness (QED) is 0.725. The number of phenolic OH excluding ortho intramolecular Hbond substituents is 1. The first kappa shape index (κ1) is 11.9. The lowest BCUT2D eigenvalue weighted by Gasteiger charge is -2.23. The average Bonchev–Trinajstić information content (AvgIpc) is 2.30. The summed E-state index contributed by atoms with van der Waals surface area (Å²) in [7, 11) is 0. The first-order chi connectivity index (χ1) is 8.24. The Morgan fingerprint density at radius 2 is 2.41 bits per heavy atom. The molecule has 0 spiro atoms.